The van der Waals surface area contributed by atoms with Crippen LogP contribution in [0.5, 0.6) is 0 Å². The second-order valence-corrected chi connectivity index (χ2v) is 4.27. The molecule has 1 aromatic carbocycles. The SMILES string of the molecule is O[C@H]1CC[C@@H]1Nc1cccc2ncccc12. The standard InChI is InChI=1S/C13H14N2O/c16-13-7-6-12(13)15-11-5-1-4-10-9(11)3-2-8-14-10/h1-5,8,12-13,15-16H,6-7H2/t12-,13-/m0/s1. The van der Waals surface area contributed by atoms with E-state index >= 15 is 0 Å². The van der Waals surface area contributed by atoms with Crippen LogP contribution in [0.25, 0.3) is 10.9 Å². The fourth-order valence-electron chi connectivity index (χ4n) is 2.08. The fourth-order valence-corrected chi connectivity index (χ4v) is 2.08. The Bertz CT molecular complexity index is 507. The fraction of sp³-hybridized carbons (Fsp3) is 0.308. The first-order valence-electron chi connectivity index (χ1n) is 5.63. The summed E-state index contributed by atoms with van der Waals surface area (Å²) in [5, 5.41) is 14.1. The summed E-state index contributed by atoms with van der Waals surface area (Å²) in [6, 6.07) is 10.2. The minimum absolute atomic E-state index is 0.200. The van der Waals surface area contributed by atoms with E-state index in [0.717, 1.165) is 29.4 Å². The lowest BCUT2D eigenvalue weighted by atomic mass is 9.89. The van der Waals surface area contributed by atoms with E-state index in [-0.39, 0.29) is 12.1 Å². The molecular weight excluding hydrogens is 200 g/mol. The number of rotatable bonds is 2. The normalized spacial score (nSPS) is 24.1. The zero-order valence-corrected chi connectivity index (χ0v) is 8.93. The van der Waals surface area contributed by atoms with Crippen molar-refractivity contribution in [3.8, 4) is 0 Å². The molecule has 0 amide bonds. The molecule has 3 nitrogen and oxygen atoms in total. The smallest absolute Gasteiger partial charge is 0.0741 e. The number of benzene rings is 1. The van der Waals surface area contributed by atoms with Crippen molar-refractivity contribution in [3.05, 3.63) is 36.5 Å². The zero-order chi connectivity index (χ0) is 11.0. The number of hydrogen-bond donors (Lipinski definition) is 2. The van der Waals surface area contributed by atoms with Crippen molar-refractivity contribution < 1.29 is 5.11 Å². The molecule has 1 fully saturated rings. The van der Waals surface area contributed by atoms with Crippen molar-refractivity contribution in [2.75, 3.05) is 5.32 Å². The Morgan fingerprint density at radius 2 is 2.12 bits per heavy atom. The van der Waals surface area contributed by atoms with E-state index in [2.05, 4.69) is 16.4 Å². The second kappa shape index (κ2) is 3.76. The topological polar surface area (TPSA) is 45.1 Å². The van der Waals surface area contributed by atoms with Gasteiger partial charge in [0.25, 0.3) is 0 Å². The minimum atomic E-state index is -0.202. The first-order chi connectivity index (χ1) is 7.84. The van der Waals surface area contributed by atoms with E-state index in [9.17, 15) is 5.11 Å². The van der Waals surface area contributed by atoms with Crippen molar-refractivity contribution >= 4 is 16.6 Å². The molecule has 3 rings (SSSR count). The van der Waals surface area contributed by atoms with Gasteiger partial charge in [0.05, 0.1) is 17.7 Å². The van der Waals surface area contributed by atoms with Gasteiger partial charge in [0.2, 0.25) is 0 Å². The molecule has 2 atom stereocenters. The molecule has 0 saturated heterocycles. The highest BCUT2D eigenvalue weighted by molar-refractivity contribution is 5.91. The molecular formula is C13H14N2O. The van der Waals surface area contributed by atoms with Crippen LogP contribution >= 0.6 is 0 Å². The molecule has 0 bridgehead atoms. The van der Waals surface area contributed by atoms with Gasteiger partial charge >= 0.3 is 0 Å². The van der Waals surface area contributed by atoms with E-state index in [1.807, 2.05) is 24.3 Å². The molecule has 16 heavy (non-hydrogen) atoms. The van der Waals surface area contributed by atoms with Crippen LogP contribution in [-0.4, -0.2) is 22.2 Å². The second-order valence-electron chi connectivity index (χ2n) is 4.27. The Labute approximate surface area is 94.1 Å². The Morgan fingerprint density at radius 1 is 1.19 bits per heavy atom. The molecule has 0 radical (unpaired) electrons. The number of anilines is 1. The van der Waals surface area contributed by atoms with Gasteiger partial charge in [-0.15, -0.1) is 0 Å². The largest absolute Gasteiger partial charge is 0.391 e. The van der Waals surface area contributed by atoms with Gasteiger partial charge in [0.15, 0.2) is 0 Å². The number of fused-ring (bicyclic) bond motifs is 1. The van der Waals surface area contributed by atoms with E-state index in [0.29, 0.717) is 0 Å². The Kier molecular flexibility index (Phi) is 2.26. The number of aliphatic hydroxyl groups is 1. The van der Waals surface area contributed by atoms with E-state index in [4.69, 9.17) is 0 Å². The van der Waals surface area contributed by atoms with Gasteiger partial charge in [-0.25, -0.2) is 0 Å². The van der Waals surface area contributed by atoms with Gasteiger partial charge in [-0.05, 0) is 37.1 Å². The third kappa shape index (κ3) is 1.53. The van der Waals surface area contributed by atoms with Crippen LogP contribution in [0.2, 0.25) is 0 Å². The maximum atomic E-state index is 9.56. The Morgan fingerprint density at radius 3 is 2.88 bits per heavy atom. The molecule has 3 heteroatoms. The molecule has 2 aromatic rings. The van der Waals surface area contributed by atoms with E-state index in [1.165, 1.54) is 0 Å². The lowest BCUT2D eigenvalue weighted by Crippen LogP contribution is -2.42. The summed E-state index contributed by atoms with van der Waals surface area (Å²) < 4.78 is 0. The lowest BCUT2D eigenvalue weighted by molar-refractivity contribution is 0.0787. The molecule has 1 saturated carbocycles. The number of aliphatic hydroxyl groups excluding tert-OH is 1. The summed E-state index contributed by atoms with van der Waals surface area (Å²) in [5.41, 5.74) is 2.05. The summed E-state index contributed by atoms with van der Waals surface area (Å²) in [6.07, 6.45) is 3.54. The van der Waals surface area contributed by atoms with Gasteiger partial charge in [0, 0.05) is 17.3 Å². The van der Waals surface area contributed by atoms with Crippen molar-refractivity contribution in [3.63, 3.8) is 0 Å². The van der Waals surface area contributed by atoms with Crippen LogP contribution in [0.15, 0.2) is 36.5 Å². The molecule has 1 heterocycles. The minimum Gasteiger partial charge on any atom is -0.391 e. The highest BCUT2D eigenvalue weighted by Gasteiger charge is 2.28. The summed E-state index contributed by atoms with van der Waals surface area (Å²) in [7, 11) is 0. The monoisotopic (exact) mass is 214 g/mol. The van der Waals surface area contributed by atoms with Crippen LogP contribution in [0.4, 0.5) is 5.69 Å². The van der Waals surface area contributed by atoms with E-state index in [1.54, 1.807) is 6.20 Å². The highest BCUT2D eigenvalue weighted by atomic mass is 16.3. The average molecular weight is 214 g/mol. The molecule has 82 valence electrons. The van der Waals surface area contributed by atoms with Crippen molar-refractivity contribution in [2.45, 2.75) is 25.0 Å². The third-order valence-corrected chi connectivity index (χ3v) is 3.22. The summed E-state index contributed by atoms with van der Waals surface area (Å²) in [5.74, 6) is 0. The van der Waals surface area contributed by atoms with Crippen LogP contribution in [0.3, 0.4) is 0 Å². The molecule has 1 aliphatic carbocycles. The van der Waals surface area contributed by atoms with Crippen LogP contribution in [0.1, 0.15) is 12.8 Å². The maximum Gasteiger partial charge on any atom is 0.0741 e. The molecule has 0 spiro atoms. The van der Waals surface area contributed by atoms with E-state index < -0.39 is 0 Å². The van der Waals surface area contributed by atoms with Gasteiger partial charge < -0.3 is 10.4 Å². The maximum absolute atomic E-state index is 9.56. The molecule has 0 aliphatic heterocycles. The highest BCUT2D eigenvalue weighted by Crippen LogP contribution is 2.28. The first-order valence-corrected chi connectivity index (χ1v) is 5.63. The molecule has 0 unspecified atom stereocenters. The van der Waals surface area contributed by atoms with Crippen molar-refractivity contribution in [1.82, 2.24) is 4.98 Å². The Hall–Kier alpha value is -1.61. The predicted octanol–water partition coefficient (Wildman–Crippen LogP) is 2.17. The third-order valence-electron chi connectivity index (χ3n) is 3.22. The predicted molar refractivity (Wildman–Crippen MR) is 64.4 cm³/mol. The first kappa shape index (κ1) is 9.60. The van der Waals surface area contributed by atoms with Gasteiger partial charge in [-0.1, -0.05) is 6.07 Å². The number of pyridine rings is 1. The van der Waals surface area contributed by atoms with Crippen molar-refractivity contribution in [1.29, 1.82) is 0 Å². The Balaban J connectivity index is 1.96. The number of nitrogens with zero attached hydrogens (tertiary/aromatic N) is 1. The zero-order valence-electron chi connectivity index (χ0n) is 8.93. The molecule has 1 aliphatic rings. The molecule has 2 N–H and O–H groups in total. The number of nitrogens with one attached hydrogen (secondary N) is 1. The lowest BCUT2D eigenvalue weighted by Gasteiger charge is -2.34. The van der Waals surface area contributed by atoms with Gasteiger partial charge in [-0.2, -0.15) is 0 Å². The number of hydrogen-bond acceptors (Lipinski definition) is 3. The number of aromatic nitrogens is 1. The van der Waals surface area contributed by atoms with Gasteiger partial charge in [0.1, 0.15) is 0 Å². The quantitative estimate of drug-likeness (QED) is 0.805. The summed E-state index contributed by atoms with van der Waals surface area (Å²) in [4.78, 5) is 4.31. The molecule has 1 aromatic heterocycles. The average Bonchev–Trinajstić information content (AvgIpc) is 2.34. The van der Waals surface area contributed by atoms with Crippen LogP contribution in [0, 0.1) is 0 Å². The summed E-state index contributed by atoms with van der Waals surface area (Å²) >= 11 is 0. The summed E-state index contributed by atoms with van der Waals surface area (Å²) in [6.45, 7) is 0. The van der Waals surface area contributed by atoms with Crippen LogP contribution in [-0.2, 0) is 0 Å². The van der Waals surface area contributed by atoms with Crippen LogP contribution < -0.4 is 5.32 Å². The van der Waals surface area contributed by atoms with Gasteiger partial charge in [-0.3, -0.25) is 4.98 Å². The van der Waals surface area contributed by atoms with Crippen molar-refractivity contribution in [2.24, 2.45) is 0 Å².